The number of amides is 2. The standard InChI is InChI=1S/C31H28FN3O4S2/c1-19-6-4-9-24(32)28(19)34-30(36)27-17-21-12-14-35(26-11-3-2-8-23(26)29(21)40-27)31(37)25-10-5-7-22(33-25)16-20-13-15-41(38,39)18-20/h2-11,17,20H,12-16,18H2,1H3,(H,34,36). The van der Waals surface area contributed by atoms with E-state index in [2.05, 4.69) is 10.3 Å². The van der Waals surface area contributed by atoms with Gasteiger partial charge in [0.1, 0.15) is 11.5 Å². The molecule has 2 aliphatic rings. The van der Waals surface area contributed by atoms with E-state index >= 15 is 0 Å². The van der Waals surface area contributed by atoms with E-state index in [1.807, 2.05) is 36.4 Å². The van der Waals surface area contributed by atoms with E-state index < -0.39 is 15.7 Å². The molecule has 41 heavy (non-hydrogen) atoms. The van der Waals surface area contributed by atoms with Crippen LogP contribution in [-0.2, 0) is 22.7 Å². The minimum Gasteiger partial charge on any atom is -0.319 e. The molecule has 6 rings (SSSR count). The van der Waals surface area contributed by atoms with Crippen LogP contribution in [0.5, 0.6) is 0 Å². The second-order valence-electron chi connectivity index (χ2n) is 10.6. The number of halogens is 1. The number of carbonyl (C=O) groups is 2. The molecule has 210 valence electrons. The van der Waals surface area contributed by atoms with Crippen molar-refractivity contribution in [2.45, 2.75) is 26.2 Å². The van der Waals surface area contributed by atoms with E-state index in [1.54, 1.807) is 36.1 Å². The van der Waals surface area contributed by atoms with Crippen molar-refractivity contribution in [3.8, 4) is 10.4 Å². The summed E-state index contributed by atoms with van der Waals surface area (Å²) in [4.78, 5) is 34.6. The fraction of sp³-hybridized carbons (Fsp3) is 0.258. The number of hydrogen-bond donors (Lipinski definition) is 1. The number of thiophene rings is 1. The third-order valence-corrected chi connectivity index (χ3v) is 10.7. The van der Waals surface area contributed by atoms with Gasteiger partial charge in [0.25, 0.3) is 11.8 Å². The Bertz CT molecular complexity index is 1760. The molecular formula is C31H28FN3O4S2. The third kappa shape index (κ3) is 5.54. The van der Waals surface area contributed by atoms with Crippen molar-refractivity contribution in [1.82, 2.24) is 4.98 Å². The van der Waals surface area contributed by atoms with Gasteiger partial charge in [0.2, 0.25) is 0 Å². The highest BCUT2D eigenvalue weighted by molar-refractivity contribution is 7.91. The zero-order valence-electron chi connectivity index (χ0n) is 22.4. The summed E-state index contributed by atoms with van der Waals surface area (Å²) in [5.74, 6) is -0.714. The molecule has 4 aromatic rings. The molecule has 2 amide bonds. The van der Waals surface area contributed by atoms with Crippen LogP contribution in [0.15, 0.2) is 66.7 Å². The molecule has 0 spiro atoms. The Labute approximate surface area is 242 Å². The Kier molecular flexibility index (Phi) is 7.21. The molecule has 1 N–H and O–H groups in total. The number of pyridine rings is 1. The Morgan fingerprint density at radius 2 is 1.90 bits per heavy atom. The van der Waals surface area contributed by atoms with E-state index in [1.165, 1.54) is 17.4 Å². The quantitative estimate of drug-likeness (QED) is 0.323. The number of nitrogens with one attached hydrogen (secondary N) is 1. The van der Waals surface area contributed by atoms with Crippen molar-refractivity contribution < 1.29 is 22.4 Å². The van der Waals surface area contributed by atoms with Gasteiger partial charge in [-0.25, -0.2) is 17.8 Å². The first-order chi connectivity index (χ1) is 19.7. The van der Waals surface area contributed by atoms with Crippen molar-refractivity contribution in [3.05, 3.63) is 99.9 Å². The maximum Gasteiger partial charge on any atom is 0.276 e. The number of sulfone groups is 1. The lowest BCUT2D eigenvalue weighted by Gasteiger charge is -2.23. The van der Waals surface area contributed by atoms with E-state index in [4.69, 9.17) is 0 Å². The summed E-state index contributed by atoms with van der Waals surface area (Å²) in [5, 5.41) is 2.72. The minimum absolute atomic E-state index is 0.0152. The number of nitrogens with zero attached hydrogens (tertiary/aromatic N) is 2. The molecule has 1 fully saturated rings. The molecule has 1 atom stereocenters. The van der Waals surface area contributed by atoms with E-state index in [0.29, 0.717) is 47.6 Å². The van der Waals surface area contributed by atoms with Crippen molar-refractivity contribution in [3.63, 3.8) is 0 Å². The molecular weight excluding hydrogens is 561 g/mol. The van der Waals surface area contributed by atoms with Gasteiger partial charge in [-0.15, -0.1) is 11.3 Å². The predicted octanol–water partition coefficient (Wildman–Crippen LogP) is 5.69. The molecule has 2 aromatic carbocycles. The van der Waals surface area contributed by atoms with Gasteiger partial charge in [0, 0.05) is 22.7 Å². The van der Waals surface area contributed by atoms with Gasteiger partial charge < -0.3 is 10.2 Å². The maximum atomic E-state index is 14.3. The minimum atomic E-state index is -2.99. The second-order valence-corrected chi connectivity index (χ2v) is 13.8. The van der Waals surface area contributed by atoms with Crippen LogP contribution in [0.25, 0.3) is 10.4 Å². The molecule has 7 nitrogen and oxygen atoms in total. The summed E-state index contributed by atoms with van der Waals surface area (Å²) in [7, 11) is -2.99. The molecule has 0 radical (unpaired) electrons. The highest BCUT2D eigenvalue weighted by Crippen LogP contribution is 2.42. The molecule has 4 heterocycles. The van der Waals surface area contributed by atoms with E-state index in [-0.39, 0.29) is 34.9 Å². The lowest BCUT2D eigenvalue weighted by molar-refractivity contribution is 0.0980. The summed E-state index contributed by atoms with van der Waals surface area (Å²) in [6.07, 6.45) is 1.66. The number of carbonyl (C=O) groups excluding carboxylic acids is 2. The number of aryl methyl sites for hydroxylation is 1. The number of benzene rings is 2. The zero-order chi connectivity index (χ0) is 28.7. The Morgan fingerprint density at radius 1 is 1.10 bits per heavy atom. The topological polar surface area (TPSA) is 96.4 Å². The average molecular weight is 590 g/mol. The summed E-state index contributed by atoms with van der Waals surface area (Å²) < 4.78 is 38.1. The normalized spacial score (nSPS) is 17.4. The van der Waals surface area contributed by atoms with Crippen LogP contribution in [0, 0.1) is 18.7 Å². The Morgan fingerprint density at radius 3 is 2.68 bits per heavy atom. The van der Waals surface area contributed by atoms with Crippen LogP contribution in [0.1, 0.15) is 43.4 Å². The number of anilines is 2. The number of para-hydroxylation sites is 2. The first-order valence-electron chi connectivity index (χ1n) is 13.5. The summed E-state index contributed by atoms with van der Waals surface area (Å²) >= 11 is 1.32. The Hall–Kier alpha value is -3.89. The van der Waals surface area contributed by atoms with E-state index in [0.717, 1.165) is 21.7 Å². The van der Waals surface area contributed by atoms with Crippen LogP contribution in [0.4, 0.5) is 15.8 Å². The SMILES string of the molecule is Cc1cccc(F)c1NC(=O)c1cc2c(s1)-c1ccccc1N(C(=O)c1cccc(CC3CCS(=O)(=O)C3)n1)CC2. The number of hydrogen-bond acceptors (Lipinski definition) is 6. The van der Waals surface area contributed by atoms with Gasteiger partial charge in [-0.3, -0.25) is 9.59 Å². The van der Waals surface area contributed by atoms with Crippen LogP contribution in [0.2, 0.25) is 0 Å². The predicted molar refractivity (Wildman–Crippen MR) is 159 cm³/mol. The average Bonchev–Trinajstić information content (AvgIpc) is 3.49. The van der Waals surface area contributed by atoms with Crippen LogP contribution >= 0.6 is 11.3 Å². The summed E-state index contributed by atoms with van der Waals surface area (Å²) in [6.45, 7) is 2.13. The smallest absolute Gasteiger partial charge is 0.276 e. The van der Waals surface area contributed by atoms with Crippen LogP contribution in [-0.4, -0.2) is 43.3 Å². The molecule has 2 aromatic heterocycles. The lowest BCUT2D eigenvalue weighted by atomic mass is 10.0. The molecule has 0 saturated carbocycles. The molecule has 0 aliphatic carbocycles. The fourth-order valence-electron chi connectivity index (χ4n) is 5.56. The summed E-state index contributed by atoms with van der Waals surface area (Å²) in [6, 6.07) is 19.4. The lowest BCUT2D eigenvalue weighted by Crippen LogP contribution is -2.33. The van der Waals surface area contributed by atoms with Gasteiger partial charge in [-0.2, -0.15) is 0 Å². The van der Waals surface area contributed by atoms with Crippen LogP contribution < -0.4 is 10.2 Å². The van der Waals surface area contributed by atoms with Gasteiger partial charge in [0.15, 0.2) is 9.84 Å². The first kappa shape index (κ1) is 27.3. The Balaban J connectivity index is 1.26. The number of rotatable bonds is 5. The maximum absolute atomic E-state index is 14.3. The highest BCUT2D eigenvalue weighted by atomic mass is 32.2. The zero-order valence-corrected chi connectivity index (χ0v) is 24.0. The summed E-state index contributed by atoms with van der Waals surface area (Å²) in [5.41, 5.74) is 4.34. The monoisotopic (exact) mass is 589 g/mol. The molecule has 2 aliphatic heterocycles. The van der Waals surface area contributed by atoms with Crippen molar-refractivity contribution in [1.29, 1.82) is 0 Å². The molecule has 10 heteroatoms. The van der Waals surface area contributed by atoms with Crippen molar-refractivity contribution in [2.24, 2.45) is 5.92 Å². The van der Waals surface area contributed by atoms with Gasteiger partial charge in [-0.05, 0) is 73.6 Å². The number of aromatic nitrogens is 1. The largest absolute Gasteiger partial charge is 0.319 e. The van der Waals surface area contributed by atoms with Gasteiger partial charge >= 0.3 is 0 Å². The number of fused-ring (bicyclic) bond motifs is 3. The van der Waals surface area contributed by atoms with Crippen molar-refractivity contribution in [2.75, 3.05) is 28.3 Å². The van der Waals surface area contributed by atoms with Gasteiger partial charge in [-0.1, -0.05) is 36.4 Å². The molecule has 1 saturated heterocycles. The second kappa shape index (κ2) is 10.8. The highest BCUT2D eigenvalue weighted by Gasteiger charge is 2.30. The van der Waals surface area contributed by atoms with Crippen molar-refractivity contribution >= 4 is 44.4 Å². The fourth-order valence-corrected chi connectivity index (χ4v) is 8.57. The van der Waals surface area contributed by atoms with E-state index in [9.17, 15) is 22.4 Å². The molecule has 1 unspecified atom stereocenters. The van der Waals surface area contributed by atoms with Crippen LogP contribution in [0.3, 0.4) is 0 Å². The first-order valence-corrected chi connectivity index (χ1v) is 16.1. The molecule has 0 bridgehead atoms. The third-order valence-electron chi connectivity index (χ3n) is 7.63. The van der Waals surface area contributed by atoms with Gasteiger partial charge in [0.05, 0.1) is 27.8 Å².